The third-order valence-electron chi connectivity index (χ3n) is 2.59. The topological polar surface area (TPSA) is 81.8 Å². The normalized spacial score (nSPS) is 10.5. The van der Waals surface area contributed by atoms with E-state index in [4.69, 9.17) is 0 Å². The van der Waals surface area contributed by atoms with Gasteiger partial charge < -0.3 is 4.57 Å². The van der Waals surface area contributed by atoms with Gasteiger partial charge in [-0.05, 0) is 25.5 Å². The number of rotatable bonds is 3. The maximum atomic E-state index is 11.8. The number of pyridine rings is 1. The second kappa shape index (κ2) is 5.05. The number of aryl methyl sites for hydroxylation is 3. The van der Waals surface area contributed by atoms with Gasteiger partial charge in [0.05, 0.1) is 0 Å². The molecule has 2 aromatic heterocycles. The zero-order valence-electron chi connectivity index (χ0n) is 11.0. The van der Waals surface area contributed by atoms with E-state index in [1.54, 1.807) is 26.2 Å². The molecule has 0 fully saturated rings. The molecule has 2 heterocycles. The Kier molecular flexibility index (Phi) is 3.46. The molecule has 1 N–H and O–H groups in total. The molecule has 2 aromatic rings. The van der Waals surface area contributed by atoms with Crippen molar-refractivity contribution in [3.05, 3.63) is 40.1 Å². The first-order chi connectivity index (χ1) is 8.95. The summed E-state index contributed by atoms with van der Waals surface area (Å²) in [5.74, 6) is 0.620. The van der Waals surface area contributed by atoms with Crippen molar-refractivity contribution in [1.82, 2.24) is 19.3 Å². The molecule has 0 saturated heterocycles. The minimum Gasteiger partial charge on any atom is -0.306 e. The van der Waals surface area contributed by atoms with E-state index >= 15 is 0 Å². The zero-order valence-corrected chi connectivity index (χ0v) is 11.0. The molecule has 0 radical (unpaired) electrons. The Bertz CT molecular complexity index is 671. The summed E-state index contributed by atoms with van der Waals surface area (Å²) in [6.07, 6.45) is 1.60. The van der Waals surface area contributed by atoms with Gasteiger partial charge in [0.2, 0.25) is 11.9 Å². The molecular weight excluding hydrogens is 246 g/mol. The summed E-state index contributed by atoms with van der Waals surface area (Å²) in [5, 5.41) is 6.63. The van der Waals surface area contributed by atoms with E-state index in [1.807, 2.05) is 6.92 Å². The lowest BCUT2D eigenvalue weighted by atomic mass is 10.3. The molecule has 0 aliphatic rings. The van der Waals surface area contributed by atoms with Crippen LogP contribution >= 0.6 is 0 Å². The summed E-state index contributed by atoms with van der Waals surface area (Å²) < 4.78 is 2.82. The highest BCUT2D eigenvalue weighted by molar-refractivity contribution is 5.88. The highest BCUT2D eigenvalue weighted by atomic mass is 16.2. The lowest BCUT2D eigenvalue weighted by Crippen LogP contribution is -2.27. The van der Waals surface area contributed by atoms with Gasteiger partial charge in [0.25, 0.3) is 5.56 Å². The summed E-state index contributed by atoms with van der Waals surface area (Å²) in [6, 6.07) is 3.26. The first-order valence-corrected chi connectivity index (χ1v) is 5.80. The fraction of sp³-hybridized carbons (Fsp3) is 0.333. The van der Waals surface area contributed by atoms with Gasteiger partial charge in [-0.1, -0.05) is 0 Å². The summed E-state index contributed by atoms with van der Waals surface area (Å²) in [5.41, 5.74) is 0.662. The van der Waals surface area contributed by atoms with E-state index in [0.717, 1.165) is 5.56 Å². The van der Waals surface area contributed by atoms with Crippen molar-refractivity contribution in [2.24, 2.45) is 7.05 Å². The lowest BCUT2D eigenvalue weighted by Gasteiger charge is -2.06. The maximum absolute atomic E-state index is 11.8. The highest BCUT2D eigenvalue weighted by Gasteiger charge is 2.09. The number of aromatic nitrogens is 4. The second-order valence-corrected chi connectivity index (χ2v) is 4.32. The van der Waals surface area contributed by atoms with Gasteiger partial charge in [-0.3, -0.25) is 14.9 Å². The molecule has 0 bridgehead atoms. The number of hydrogen-bond acceptors (Lipinski definition) is 4. The number of carbonyl (C=O) groups excluding carboxylic acids is 1. The Morgan fingerprint density at radius 2 is 2.16 bits per heavy atom. The summed E-state index contributed by atoms with van der Waals surface area (Å²) >= 11 is 0. The van der Waals surface area contributed by atoms with Gasteiger partial charge in [0.1, 0.15) is 12.4 Å². The van der Waals surface area contributed by atoms with Crippen molar-refractivity contribution in [1.29, 1.82) is 0 Å². The molecule has 2 rings (SSSR count). The first kappa shape index (κ1) is 13.0. The van der Waals surface area contributed by atoms with Crippen LogP contribution in [0.25, 0.3) is 0 Å². The number of carbonyl (C=O) groups is 1. The van der Waals surface area contributed by atoms with Crippen LogP contribution in [-0.2, 0) is 18.4 Å². The van der Waals surface area contributed by atoms with E-state index in [2.05, 4.69) is 15.4 Å². The minimum atomic E-state index is -0.318. The van der Waals surface area contributed by atoms with E-state index < -0.39 is 0 Å². The lowest BCUT2D eigenvalue weighted by molar-refractivity contribution is -0.116. The average molecular weight is 261 g/mol. The van der Waals surface area contributed by atoms with E-state index in [0.29, 0.717) is 11.8 Å². The molecule has 0 unspecified atom stereocenters. The van der Waals surface area contributed by atoms with Crippen LogP contribution in [0.2, 0.25) is 0 Å². The Balaban J connectivity index is 2.09. The van der Waals surface area contributed by atoms with Crippen molar-refractivity contribution in [2.45, 2.75) is 20.4 Å². The van der Waals surface area contributed by atoms with Crippen LogP contribution in [0.15, 0.2) is 23.1 Å². The van der Waals surface area contributed by atoms with Crippen LogP contribution in [0.1, 0.15) is 11.4 Å². The van der Waals surface area contributed by atoms with Crippen LogP contribution < -0.4 is 10.9 Å². The predicted octanol–water partition coefficient (Wildman–Crippen LogP) is 0.232. The number of anilines is 1. The van der Waals surface area contributed by atoms with Gasteiger partial charge in [0.15, 0.2) is 0 Å². The van der Waals surface area contributed by atoms with Crippen LogP contribution in [-0.4, -0.2) is 25.2 Å². The third-order valence-corrected chi connectivity index (χ3v) is 2.59. The largest absolute Gasteiger partial charge is 0.306 e. The highest BCUT2D eigenvalue weighted by Crippen LogP contribution is 2.01. The fourth-order valence-electron chi connectivity index (χ4n) is 1.68. The third kappa shape index (κ3) is 3.06. The first-order valence-electron chi connectivity index (χ1n) is 5.80. The summed E-state index contributed by atoms with van der Waals surface area (Å²) in [4.78, 5) is 27.5. The second-order valence-electron chi connectivity index (χ2n) is 4.32. The maximum Gasteiger partial charge on any atom is 0.251 e. The molecule has 0 aliphatic carbocycles. The average Bonchev–Trinajstić information content (AvgIpc) is 2.61. The van der Waals surface area contributed by atoms with Gasteiger partial charge in [0, 0.05) is 19.3 Å². The Labute approximate surface area is 109 Å². The van der Waals surface area contributed by atoms with Crippen LogP contribution in [0.5, 0.6) is 0 Å². The minimum absolute atomic E-state index is 0.0506. The van der Waals surface area contributed by atoms with Crippen molar-refractivity contribution < 1.29 is 4.79 Å². The monoisotopic (exact) mass is 261 g/mol. The molecule has 7 nitrogen and oxygen atoms in total. The molecule has 7 heteroatoms. The zero-order chi connectivity index (χ0) is 14.0. The van der Waals surface area contributed by atoms with E-state index in [9.17, 15) is 9.59 Å². The number of nitrogens with one attached hydrogen (secondary N) is 1. The Morgan fingerprint density at radius 1 is 1.42 bits per heavy atom. The van der Waals surface area contributed by atoms with Crippen molar-refractivity contribution in [2.75, 3.05) is 5.32 Å². The molecule has 100 valence electrons. The summed E-state index contributed by atoms with van der Waals surface area (Å²) in [7, 11) is 1.69. The predicted molar refractivity (Wildman–Crippen MR) is 69.8 cm³/mol. The fourth-order valence-corrected chi connectivity index (χ4v) is 1.68. The van der Waals surface area contributed by atoms with Gasteiger partial charge >= 0.3 is 0 Å². The standard InChI is InChI=1S/C12H15N5O2/c1-8-4-5-17(11(19)6-8)7-10(18)14-12-13-9(2)15-16(12)3/h4-6H,7H2,1-3H3,(H,13,14,15,18). The van der Waals surface area contributed by atoms with Crippen LogP contribution in [0, 0.1) is 13.8 Å². The van der Waals surface area contributed by atoms with Crippen molar-refractivity contribution in [3.63, 3.8) is 0 Å². The molecule has 0 aromatic carbocycles. The van der Waals surface area contributed by atoms with E-state index in [1.165, 1.54) is 15.3 Å². The molecule has 0 atom stereocenters. The Hall–Kier alpha value is -2.44. The molecule has 0 aliphatic heterocycles. The molecule has 19 heavy (non-hydrogen) atoms. The quantitative estimate of drug-likeness (QED) is 0.857. The number of hydrogen-bond donors (Lipinski definition) is 1. The van der Waals surface area contributed by atoms with Crippen LogP contribution in [0.4, 0.5) is 5.95 Å². The van der Waals surface area contributed by atoms with Crippen LogP contribution in [0.3, 0.4) is 0 Å². The van der Waals surface area contributed by atoms with Gasteiger partial charge in [-0.15, -0.1) is 0 Å². The molecule has 1 amide bonds. The smallest absolute Gasteiger partial charge is 0.251 e. The van der Waals surface area contributed by atoms with Crippen molar-refractivity contribution >= 4 is 11.9 Å². The van der Waals surface area contributed by atoms with Crippen molar-refractivity contribution in [3.8, 4) is 0 Å². The number of amides is 1. The number of nitrogens with zero attached hydrogens (tertiary/aromatic N) is 4. The Morgan fingerprint density at radius 3 is 2.74 bits per heavy atom. The molecule has 0 spiro atoms. The summed E-state index contributed by atoms with van der Waals surface area (Å²) in [6.45, 7) is 3.51. The molecular formula is C12H15N5O2. The van der Waals surface area contributed by atoms with Gasteiger partial charge in [-0.2, -0.15) is 10.1 Å². The van der Waals surface area contributed by atoms with E-state index in [-0.39, 0.29) is 18.0 Å². The van der Waals surface area contributed by atoms with Gasteiger partial charge in [-0.25, -0.2) is 4.68 Å². The molecule has 0 saturated carbocycles. The SMILES string of the molecule is Cc1ccn(CC(=O)Nc2nc(C)nn2C)c(=O)c1.